The first-order chi connectivity index (χ1) is 12.6. The van der Waals surface area contributed by atoms with Gasteiger partial charge >= 0.3 is 0 Å². The third-order valence-electron chi connectivity index (χ3n) is 6.64. The monoisotopic (exact) mass is 398 g/mol. The Morgan fingerprint density at radius 1 is 0.926 bits per heavy atom. The standard InChI is InChI=1S/C23H46O3Si/c1-10-11-12-22(9)23(24-15-16-25-23)14-13-21(8)17-26-27(18(2)3,19(4)5)20(6)7/h10,18-22H,1,11-17H2,2-9H3/t21-,22-/m0/s1. The predicted octanol–water partition coefficient (Wildman–Crippen LogP) is 6.94. The van der Waals surface area contributed by atoms with Gasteiger partial charge in [0.05, 0.1) is 13.2 Å². The average Bonchev–Trinajstić information content (AvgIpc) is 3.07. The Hall–Kier alpha value is -0.163. The maximum atomic E-state index is 6.79. The molecule has 1 aliphatic rings. The van der Waals surface area contributed by atoms with E-state index in [9.17, 15) is 0 Å². The van der Waals surface area contributed by atoms with Gasteiger partial charge in [-0.2, -0.15) is 0 Å². The fraction of sp³-hybridized carbons (Fsp3) is 0.913. The lowest BCUT2D eigenvalue weighted by Gasteiger charge is -2.43. The molecule has 0 saturated carbocycles. The Kier molecular flexibility index (Phi) is 10.3. The first kappa shape index (κ1) is 24.9. The minimum Gasteiger partial charge on any atom is -0.416 e. The molecule has 2 atom stereocenters. The van der Waals surface area contributed by atoms with Crippen molar-refractivity contribution in [3.05, 3.63) is 12.7 Å². The molecule has 0 aromatic rings. The lowest BCUT2D eigenvalue weighted by molar-refractivity contribution is -0.199. The molecule has 1 fully saturated rings. The zero-order valence-corrected chi connectivity index (χ0v) is 20.3. The maximum absolute atomic E-state index is 6.79. The summed E-state index contributed by atoms with van der Waals surface area (Å²) in [6.45, 7) is 24.8. The van der Waals surface area contributed by atoms with E-state index < -0.39 is 14.1 Å². The highest BCUT2D eigenvalue weighted by molar-refractivity contribution is 6.77. The van der Waals surface area contributed by atoms with E-state index in [1.54, 1.807) is 0 Å². The molecule has 160 valence electrons. The van der Waals surface area contributed by atoms with Crippen molar-refractivity contribution >= 4 is 8.32 Å². The Morgan fingerprint density at radius 2 is 1.44 bits per heavy atom. The van der Waals surface area contributed by atoms with Gasteiger partial charge in [-0.3, -0.25) is 0 Å². The first-order valence-corrected chi connectivity index (χ1v) is 13.3. The zero-order chi connectivity index (χ0) is 20.7. The van der Waals surface area contributed by atoms with Crippen LogP contribution < -0.4 is 0 Å². The van der Waals surface area contributed by atoms with E-state index in [-0.39, 0.29) is 0 Å². The number of hydrogen-bond donors (Lipinski definition) is 0. The third kappa shape index (κ3) is 6.16. The summed E-state index contributed by atoms with van der Waals surface area (Å²) < 4.78 is 19.0. The molecule has 0 aromatic carbocycles. The van der Waals surface area contributed by atoms with Gasteiger partial charge in [-0.15, -0.1) is 6.58 Å². The molecule has 0 N–H and O–H groups in total. The average molecular weight is 399 g/mol. The molecule has 0 bridgehead atoms. The van der Waals surface area contributed by atoms with Gasteiger partial charge in [0.2, 0.25) is 0 Å². The van der Waals surface area contributed by atoms with Gasteiger partial charge in [0.25, 0.3) is 0 Å². The van der Waals surface area contributed by atoms with E-state index in [0.717, 1.165) is 32.3 Å². The molecule has 1 aliphatic heterocycles. The van der Waals surface area contributed by atoms with Crippen molar-refractivity contribution in [2.75, 3.05) is 19.8 Å². The van der Waals surface area contributed by atoms with Crippen molar-refractivity contribution in [1.29, 1.82) is 0 Å². The lowest BCUT2D eigenvalue weighted by atomic mass is 9.89. The molecule has 0 aliphatic carbocycles. The van der Waals surface area contributed by atoms with Crippen molar-refractivity contribution in [2.45, 2.75) is 103 Å². The molecule has 1 rings (SSSR count). The Balaban J connectivity index is 2.66. The summed E-state index contributed by atoms with van der Waals surface area (Å²) in [6.07, 6.45) is 6.11. The summed E-state index contributed by atoms with van der Waals surface area (Å²) in [5.41, 5.74) is 1.91. The zero-order valence-electron chi connectivity index (χ0n) is 19.3. The van der Waals surface area contributed by atoms with Crippen molar-refractivity contribution in [3.8, 4) is 0 Å². The molecule has 0 radical (unpaired) electrons. The van der Waals surface area contributed by atoms with Gasteiger partial charge in [-0.25, -0.2) is 0 Å². The lowest BCUT2D eigenvalue weighted by Crippen LogP contribution is -2.48. The summed E-state index contributed by atoms with van der Waals surface area (Å²) in [5.74, 6) is 0.505. The largest absolute Gasteiger partial charge is 0.416 e. The van der Waals surface area contributed by atoms with Gasteiger partial charge in [0, 0.05) is 18.9 Å². The quantitative estimate of drug-likeness (QED) is 0.248. The minimum absolute atomic E-state index is 0.390. The van der Waals surface area contributed by atoms with Crippen LogP contribution in [0.15, 0.2) is 12.7 Å². The molecule has 4 heteroatoms. The SMILES string of the molecule is C=CCC[C@H](C)C1(CC[C@H](C)CO[Si](C(C)C)(C(C)C)C(C)C)OCCO1. The van der Waals surface area contributed by atoms with Crippen LogP contribution in [0.25, 0.3) is 0 Å². The number of ether oxygens (including phenoxy) is 2. The highest BCUT2D eigenvalue weighted by Crippen LogP contribution is 2.43. The van der Waals surface area contributed by atoms with E-state index in [0.29, 0.717) is 41.7 Å². The van der Waals surface area contributed by atoms with Crippen LogP contribution in [-0.4, -0.2) is 33.9 Å². The van der Waals surface area contributed by atoms with Gasteiger partial charge in [-0.1, -0.05) is 61.5 Å². The molecule has 1 saturated heterocycles. The Morgan fingerprint density at radius 3 is 1.89 bits per heavy atom. The molecule has 0 spiro atoms. The van der Waals surface area contributed by atoms with E-state index in [2.05, 4.69) is 62.0 Å². The Bertz CT molecular complexity index is 406. The van der Waals surface area contributed by atoms with Crippen LogP contribution in [-0.2, 0) is 13.9 Å². The van der Waals surface area contributed by atoms with E-state index in [4.69, 9.17) is 13.9 Å². The highest BCUT2D eigenvalue weighted by Gasteiger charge is 2.45. The van der Waals surface area contributed by atoms with Crippen LogP contribution in [0, 0.1) is 11.8 Å². The number of rotatable bonds is 13. The van der Waals surface area contributed by atoms with Crippen molar-refractivity contribution < 1.29 is 13.9 Å². The fourth-order valence-electron chi connectivity index (χ4n) is 5.05. The smallest absolute Gasteiger partial charge is 0.200 e. The van der Waals surface area contributed by atoms with Crippen LogP contribution in [0.3, 0.4) is 0 Å². The second-order valence-corrected chi connectivity index (χ2v) is 15.0. The Labute approximate surface area is 170 Å². The third-order valence-corrected chi connectivity index (χ3v) is 12.7. The van der Waals surface area contributed by atoms with Gasteiger partial charge in [0.1, 0.15) is 0 Å². The summed E-state index contributed by atoms with van der Waals surface area (Å²) in [6, 6.07) is 0. The van der Waals surface area contributed by atoms with Crippen molar-refractivity contribution in [2.24, 2.45) is 11.8 Å². The van der Waals surface area contributed by atoms with Gasteiger partial charge < -0.3 is 13.9 Å². The summed E-state index contributed by atoms with van der Waals surface area (Å²) in [5, 5.41) is 0. The van der Waals surface area contributed by atoms with E-state index in [1.165, 1.54) is 0 Å². The number of allylic oxidation sites excluding steroid dienone is 1. The topological polar surface area (TPSA) is 27.7 Å². The van der Waals surface area contributed by atoms with Crippen LogP contribution in [0.1, 0.15) is 81.1 Å². The molecule has 0 unspecified atom stereocenters. The molecule has 0 aromatic heterocycles. The van der Waals surface area contributed by atoms with Crippen molar-refractivity contribution in [3.63, 3.8) is 0 Å². The van der Waals surface area contributed by atoms with Gasteiger partial charge in [-0.05, 0) is 41.8 Å². The summed E-state index contributed by atoms with van der Waals surface area (Å²) in [7, 11) is -1.78. The molecule has 3 nitrogen and oxygen atoms in total. The normalized spacial score (nSPS) is 19.8. The predicted molar refractivity (Wildman–Crippen MR) is 119 cm³/mol. The van der Waals surface area contributed by atoms with Crippen LogP contribution in [0.4, 0.5) is 0 Å². The highest BCUT2D eigenvalue weighted by atomic mass is 28.4. The molecule has 0 amide bonds. The molecule has 27 heavy (non-hydrogen) atoms. The van der Waals surface area contributed by atoms with Gasteiger partial charge in [0.15, 0.2) is 14.1 Å². The maximum Gasteiger partial charge on any atom is 0.200 e. The molecular formula is C23H46O3Si. The summed E-state index contributed by atoms with van der Waals surface area (Å²) in [4.78, 5) is 0. The van der Waals surface area contributed by atoms with Crippen LogP contribution in [0.5, 0.6) is 0 Å². The van der Waals surface area contributed by atoms with Crippen LogP contribution >= 0.6 is 0 Å². The summed E-state index contributed by atoms with van der Waals surface area (Å²) >= 11 is 0. The van der Waals surface area contributed by atoms with E-state index in [1.807, 2.05) is 6.08 Å². The minimum atomic E-state index is -1.78. The second-order valence-electron chi connectivity index (χ2n) is 9.55. The second kappa shape index (κ2) is 11.1. The van der Waals surface area contributed by atoms with Crippen molar-refractivity contribution in [1.82, 2.24) is 0 Å². The fourth-order valence-corrected chi connectivity index (χ4v) is 10.6. The number of hydrogen-bond acceptors (Lipinski definition) is 3. The molecule has 1 heterocycles. The van der Waals surface area contributed by atoms with Crippen LogP contribution in [0.2, 0.25) is 16.6 Å². The van der Waals surface area contributed by atoms with E-state index >= 15 is 0 Å². The first-order valence-electron chi connectivity index (χ1n) is 11.1. The molecular weight excluding hydrogens is 352 g/mol.